The van der Waals surface area contributed by atoms with Crippen LogP contribution in [0.25, 0.3) is 0 Å². The van der Waals surface area contributed by atoms with Crippen molar-refractivity contribution in [2.45, 2.75) is 19.4 Å². The number of amides is 2. The number of thiocarbonyl (C=S) groups is 1. The standard InChI is InChI=1S/C19H27N5O2S/c1-2-20-19(27)24-9-8-21-18(26)16(24)14-17(25)23-12-10-22(11-13-23)15-6-4-3-5-7-15/h3-7,16H,2,8-14H2,1H3,(H,20,27)(H,21,26). The Morgan fingerprint density at radius 2 is 1.89 bits per heavy atom. The van der Waals surface area contributed by atoms with Gasteiger partial charge >= 0.3 is 0 Å². The first-order valence-electron chi connectivity index (χ1n) is 9.50. The largest absolute Gasteiger partial charge is 0.368 e. The lowest BCUT2D eigenvalue weighted by atomic mass is 10.1. The second-order valence-electron chi connectivity index (χ2n) is 6.74. The summed E-state index contributed by atoms with van der Waals surface area (Å²) in [5, 5.41) is 6.48. The number of anilines is 1. The summed E-state index contributed by atoms with van der Waals surface area (Å²) in [5.74, 6) is -0.119. The Kier molecular flexibility index (Phi) is 6.49. The fourth-order valence-electron chi connectivity index (χ4n) is 3.56. The molecular weight excluding hydrogens is 362 g/mol. The Bertz CT molecular complexity index is 676. The second kappa shape index (κ2) is 9.03. The van der Waals surface area contributed by atoms with Crippen molar-refractivity contribution in [3.05, 3.63) is 30.3 Å². The number of nitrogens with zero attached hydrogens (tertiary/aromatic N) is 3. The molecule has 3 rings (SSSR count). The fraction of sp³-hybridized carbons (Fsp3) is 0.526. The predicted molar refractivity (Wildman–Crippen MR) is 110 cm³/mol. The summed E-state index contributed by atoms with van der Waals surface area (Å²) in [7, 11) is 0. The smallest absolute Gasteiger partial charge is 0.243 e. The minimum absolute atomic E-state index is 0.00839. The Hall–Kier alpha value is -2.35. The number of hydrogen-bond donors (Lipinski definition) is 2. The number of hydrogen-bond acceptors (Lipinski definition) is 4. The predicted octanol–water partition coefficient (Wildman–Crippen LogP) is 0.420. The van der Waals surface area contributed by atoms with Gasteiger partial charge in [0.05, 0.1) is 6.42 Å². The molecule has 8 heteroatoms. The summed E-state index contributed by atoms with van der Waals surface area (Å²) < 4.78 is 0. The van der Waals surface area contributed by atoms with Crippen LogP contribution in [0.15, 0.2) is 30.3 Å². The van der Waals surface area contributed by atoms with Crippen molar-refractivity contribution in [3.63, 3.8) is 0 Å². The summed E-state index contributed by atoms with van der Waals surface area (Å²) in [6.07, 6.45) is 0.155. The van der Waals surface area contributed by atoms with Gasteiger partial charge in [-0.1, -0.05) is 18.2 Å². The van der Waals surface area contributed by atoms with Gasteiger partial charge in [0.2, 0.25) is 11.8 Å². The highest BCUT2D eigenvalue weighted by atomic mass is 32.1. The summed E-state index contributed by atoms with van der Waals surface area (Å²) in [6, 6.07) is 9.69. The Balaban J connectivity index is 1.57. The molecule has 2 saturated heterocycles. The Morgan fingerprint density at radius 3 is 2.56 bits per heavy atom. The number of carbonyl (C=O) groups is 2. The van der Waals surface area contributed by atoms with E-state index in [4.69, 9.17) is 12.2 Å². The minimum Gasteiger partial charge on any atom is -0.368 e. The van der Waals surface area contributed by atoms with E-state index < -0.39 is 6.04 Å². The molecule has 146 valence electrons. The SMILES string of the molecule is CCNC(=S)N1CCNC(=O)C1CC(=O)N1CCN(c2ccccc2)CC1. The molecule has 0 bridgehead atoms. The molecule has 1 unspecified atom stereocenters. The van der Waals surface area contributed by atoms with E-state index in [0.717, 1.165) is 13.1 Å². The third-order valence-electron chi connectivity index (χ3n) is 5.04. The van der Waals surface area contributed by atoms with Crippen molar-refractivity contribution in [1.82, 2.24) is 20.4 Å². The average Bonchev–Trinajstić information content (AvgIpc) is 2.70. The lowest BCUT2D eigenvalue weighted by molar-refractivity contribution is -0.137. The number of nitrogens with one attached hydrogen (secondary N) is 2. The maximum atomic E-state index is 12.8. The quantitative estimate of drug-likeness (QED) is 0.728. The summed E-state index contributed by atoms with van der Waals surface area (Å²) in [5.41, 5.74) is 1.18. The van der Waals surface area contributed by atoms with Crippen LogP contribution >= 0.6 is 12.2 Å². The molecule has 27 heavy (non-hydrogen) atoms. The summed E-state index contributed by atoms with van der Waals surface area (Å²) in [6.45, 7) is 6.75. The number of rotatable bonds is 4. The van der Waals surface area contributed by atoms with Crippen LogP contribution in [0.5, 0.6) is 0 Å². The van der Waals surface area contributed by atoms with E-state index in [0.29, 0.717) is 37.8 Å². The van der Waals surface area contributed by atoms with Crippen LogP contribution in [0.1, 0.15) is 13.3 Å². The first-order chi connectivity index (χ1) is 13.1. The molecule has 2 aliphatic heterocycles. The first-order valence-corrected chi connectivity index (χ1v) is 9.91. The maximum Gasteiger partial charge on any atom is 0.243 e. The Labute approximate surface area is 165 Å². The molecule has 1 aromatic carbocycles. The van der Waals surface area contributed by atoms with Gasteiger partial charge in [-0.25, -0.2) is 0 Å². The van der Waals surface area contributed by atoms with Gasteiger partial charge in [0.15, 0.2) is 5.11 Å². The topological polar surface area (TPSA) is 67.9 Å². The molecule has 2 amide bonds. The van der Waals surface area contributed by atoms with Crippen LogP contribution in [-0.4, -0.2) is 78.6 Å². The molecule has 2 aliphatic rings. The zero-order valence-electron chi connectivity index (χ0n) is 15.7. The van der Waals surface area contributed by atoms with Crippen molar-refractivity contribution >= 4 is 34.8 Å². The molecule has 0 saturated carbocycles. The number of carbonyl (C=O) groups excluding carboxylic acids is 2. The van der Waals surface area contributed by atoms with Gasteiger partial charge in [0.25, 0.3) is 0 Å². The highest BCUT2D eigenvalue weighted by molar-refractivity contribution is 7.80. The molecule has 0 aromatic heterocycles. The monoisotopic (exact) mass is 389 g/mol. The highest BCUT2D eigenvalue weighted by Gasteiger charge is 2.34. The molecule has 0 aliphatic carbocycles. The lowest BCUT2D eigenvalue weighted by Crippen LogP contribution is -2.60. The van der Waals surface area contributed by atoms with Crippen molar-refractivity contribution in [2.24, 2.45) is 0 Å². The molecule has 0 radical (unpaired) electrons. The maximum absolute atomic E-state index is 12.8. The molecule has 0 spiro atoms. The van der Waals surface area contributed by atoms with E-state index >= 15 is 0 Å². The van der Waals surface area contributed by atoms with E-state index in [1.807, 2.05) is 34.9 Å². The molecule has 2 fully saturated rings. The summed E-state index contributed by atoms with van der Waals surface area (Å²) >= 11 is 5.39. The lowest BCUT2D eigenvalue weighted by Gasteiger charge is -2.39. The van der Waals surface area contributed by atoms with Crippen LogP contribution in [-0.2, 0) is 9.59 Å². The van der Waals surface area contributed by atoms with Crippen LogP contribution in [0.3, 0.4) is 0 Å². The normalized spacial score (nSPS) is 20.3. The van der Waals surface area contributed by atoms with E-state index in [1.54, 1.807) is 0 Å². The Morgan fingerprint density at radius 1 is 1.19 bits per heavy atom. The van der Waals surface area contributed by atoms with E-state index in [9.17, 15) is 9.59 Å². The van der Waals surface area contributed by atoms with Gasteiger partial charge in [-0.3, -0.25) is 9.59 Å². The fourth-order valence-corrected chi connectivity index (χ4v) is 3.92. The number of piperazine rings is 2. The third kappa shape index (κ3) is 4.68. The van der Waals surface area contributed by atoms with Crippen LogP contribution in [0.2, 0.25) is 0 Å². The average molecular weight is 390 g/mol. The molecule has 1 atom stereocenters. The molecule has 2 N–H and O–H groups in total. The van der Waals surface area contributed by atoms with Crippen molar-refractivity contribution in [3.8, 4) is 0 Å². The van der Waals surface area contributed by atoms with Crippen molar-refractivity contribution in [1.29, 1.82) is 0 Å². The third-order valence-corrected chi connectivity index (χ3v) is 5.42. The highest BCUT2D eigenvalue weighted by Crippen LogP contribution is 2.17. The van der Waals surface area contributed by atoms with Gasteiger partial charge in [0.1, 0.15) is 6.04 Å². The van der Waals surface area contributed by atoms with Crippen LogP contribution < -0.4 is 15.5 Å². The molecule has 1 aromatic rings. The van der Waals surface area contributed by atoms with Gasteiger partial charge in [-0.2, -0.15) is 0 Å². The van der Waals surface area contributed by atoms with Gasteiger partial charge in [-0.15, -0.1) is 0 Å². The zero-order chi connectivity index (χ0) is 19.2. The van der Waals surface area contributed by atoms with Gasteiger partial charge in [-0.05, 0) is 31.3 Å². The van der Waals surface area contributed by atoms with Crippen molar-refractivity contribution < 1.29 is 9.59 Å². The van der Waals surface area contributed by atoms with Crippen molar-refractivity contribution in [2.75, 3.05) is 50.7 Å². The minimum atomic E-state index is -0.537. The second-order valence-corrected chi connectivity index (χ2v) is 7.13. The van der Waals surface area contributed by atoms with E-state index in [2.05, 4.69) is 27.7 Å². The van der Waals surface area contributed by atoms with Crippen LogP contribution in [0, 0.1) is 0 Å². The molecule has 7 nitrogen and oxygen atoms in total. The van der Waals surface area contributed by atoms with Crippen LogP contribution in [0.4, 0.5) is 5.69 Å². The summed E-state index contributed by atoms with van der Waals surface area (Å²) in [4.78, 5) is 31.1. The number of para-hydroxylation sites is 1. The molecule has 2 heterocycles. The van der Waals surface area contributed by atoms with E-state index in [1.165, 1.54) is 5.69 Å². The van der Waals surface area contributed by atoms with E-state index in [-0.39, 0.29) is 18.2 Å². The number of benzene rings is 1. The van der Waals surface area contributed by atoms with Gasteiger partial charge < -0.3 is 25.3 Å². The first kappa shape index (κ1) is 19.4. The molecular formula is C19H27N5O2S. The van der Waals surface area contributed by atoms with Gasteiger partial charge in [0, 0.05) is 51.5 Å². The zero-order valence-corrected chi connectivity index (χ0v) is 16.5.